The Balaban J connectivity index is 2.14. The number of aryl methyl sites for hydroxylation is 1. The minimum Gasteiger partial charge on any atom is -0.475 e. The van der Waals surface area contributed by atoms with Crippen molar-refractivity contribution in [2.24, 2.45) is 0 Å². The summed E-state index contributed by atoms with van der Waals surface area (Å²) in [6.07, 6.45) is 0. The largest absolute Gasteiger partial charge is 0.475 e. The number of aromatic carboxylic acids is 1. The molecule has 0 aliphatic rings. The van der Waals surface area contributed by atoms with Crippen molar-refractivity contribution in [3.8, 4) is 0 Å². The third-order valence-electron chi connectivity index (χ3n) is 2.32. The number of carbonyl (C=O) groups is 2. The number of carbonyl (C=O) groups excluding carboxylic acids is 1. The zero-order valence-electron chi connectivity index (χ0n) is 9.64. The van der Waals surface area contributed by atoms with Crippen molar-refractivity contribution in [2.45, 2.75) is 6.92 Å². The Morgan fingerprint density at radius 1 is 1.17 bits per heavy atom. The first-order chi connectivity index (χ1) is 8.56. The van der Waals surface area contributed by atoms with Gasteiger partial charge >= 0.3 is 5.97 Å². The van der Waals surface area contributed by atoms with Gasteiger partial charge in [-0.2, -0.15) is 0 Å². The highest BCUT2D eigenvalue weighted by Gasteiger charge is 2.14. The molecule has 0 saturated carbocycles. The molecule has 0 aliphatic heterocycles. The molecule has 0 bridgehead atoms. The third-order valence-corrected chi connectivity index (χ3v) is 2.32. The molecule has 1 amide bonds. The van der Waals surface area contributed by atoms with Gasteiger partial charge in [-0.25, -0.2) is 4.79 Å². The molecule has 92 valence electrons. The summed E-state index contributed by atoms with van der Waals surface area (Å²) in [5, 5.41) is 11.3. The van der Waals surface area contributed by atoms with Gasteiger partial charge in [0.1, 0.15) is 0 Å². The highest BCUT2D eigenvalue weighted by atomic mass is 16.4. The molecule has 0 atom stereocenters. The van der Waals surface area contributed by atoms with Crippen LogP contribution in [0.3, 0.4) is 0 Å². The average molecular weight is 245 g/mol. The number of nitrogens with one attached hydrogen (secondary N) is 1. The highest BCUT2D eigenvalue weighted by molar-refractivity contribution is 6.02. The van der Waals surface area contributed by atoms with Crippen LogP contribution >= 0.6 is 0 Å². The maximum atomic E-state index is 11.8. The topological polar surface area (TPSA) is 79.5 Å². The van der Waals surface area contributed by atoms with Gasteiger partial charge in [-0.3, -0.25) is 4.79 Å². The van der Waals surface area contributed by atoms with E-state index in [9.17, 15) is 9.59 Å². The lowest BCUT2D eigenvalue weighted by molar-refractivity contribution is 0.0660. The third kappa shape index (κ3) is 2.57. The van der Waals surface area contributed by atoms with Crippen molar-refractivity contribution in [3.05, 3.63) is 53.5 Å². The van der Waals surface area contributed by atoms with Crippen LogP contribution in [0.15, 0.2) is 40.8 Å². The Morgan fingerprint density at radius 2 is 1.89 bits per heavy atom. The van der Waals surface area contributed by atoms with Crippen molar-refractivity contribution in [1.82, 2.24) is 0 Å². The van der Waals surface area contributed by atoms with Crippen LogP contribution in [-0.2, 0) is 0 Å². The number of amides is 1. The smallest absolute Gasteiger partial charge is 0.371 e. The highest BCUT2D eigenvalue weighted by Crippen LogP contribution is 2.13. The molecular formula is C13H11NO4. The number of rotatable bonds is 3. The summed E-state index contributed by atoms with van der Waals surface area (Å²) in [5.41, 5.74) is 1.65. The van der Waals surface area contributed by atoms with E-state index in [1.54, 1.807) is 12.1 Å². The number of anilines is 1. The predicted octanol–water partition coefficient (Wildman–Crippen LogP) is 2.54. The Bertz CT molecular complexity index is 601. The Hall–Kier alpha value is -2.56. The SMILES string of the molecule is Cc1cccc(NC(=O)c2ccc(C(=O)O)o2)c1. The Labute approximate surface area is 103 Å². The second kappa shape index (κ2) is 4.75. The summed E-state index contributed by atoms with van der Waals surface area (Å²) >= 11 is 0. The molecule has 1 heterocycles. The van der Waals surface area contributed by atoms with E-state index in [4.69, 9.17) is 9.52 Å². The van der Waals surface area contributed by atoms with Crippen molar-refractivity contribution in [2.75, 3.05) is 5.32 Å². The fourth-order valence-electron chi connectivity index (χ4n) is 1.49. The maximum absolute atomic E-state index is 11.8. The molecule has 1 aromatic carbocycles. The van der Waals surface area contributed by atoms with E-state index in [2.05, 4.69) is 5.32 Å². The summed E-state index contributed by atoms with van der Waals surface area (Å²) in [7, 11) is 0. The van der Waals surface area contributed by atoms with Gasteiger partial charge in [-0.05, 0) is 36.8 Å². The lowest BCUT2D eigenvalue weighted by atomic mass is 10.2. The van der Waals surface area contributed by atoms with Gasteiger partial charge in [0.05, 0.1) is 0 Å². The molecule has 0 spiro atoms. The molecule has 5 heteroatoms. The standard InChI is InChI=1S/C13H11NO4/c1-8-3-2-4-9(7-8)14-12(15)10-5-6-11(18-10)13(16)17/h2-7H,1H3,(H,14,15)(H,16,17). The normalized spacial score (nSPS) is 10.1. The number of furan rings is 1. The summed E-state index contributed by atoms with van der Waals surface area (Å²) in [6, 6.07) is 9.84. The number of benzene rings is 1. The fourth-order valence-corrected chi connectivity index (χ4v) is 1.49. The number of carboxylic acid groups (broad SMARTS) is 1. The first-order valence-electron chi connectivity index (χ1n) is 5.27. The van der Waals surface area contributed by atoms with Crippen LogP contribution in [0, 0.1) is 6.92 Å². The summed E-state index contributed by atoms with van der Waals surface area (Å²) in [5.74, 6) is -1.98. The van der Waals surface area contributed by atoms with Gasteiger partial charge < -0.3 is 14.8 Å². The predicted molar refractivity (Wildman–Crippen MR) is 64.8 cm³/mol. The lowest BCUT2D eigenvalue weighted by Crippen LogP contribution is -2.10. The molecule has 1 aromatic heterocycles. The first kappa shape index (κ1) is 11.9. The molecule has 0 unspecified atom stereocenters. The minimum atomic E-state index is -1.20. The molecule has 0 saturated heterocycles. The van der Waals surface area contributed by atoms with Crippen LogP contribution in [0.4, 0.5) is 5.69 Å². The van der Waals surface area contributed by atoms with Gasteiger partial charge in [0.15, 0.2) is 5.76 Å². The van der Waals surface area contributed by atoms with Crippen LogP contribution in [0.25, 0.3) is 0 Å². The summed E-state index contributed by atoms with van der Waals surface area (Å²) in [4.78, 5) is 22.4. The lowest BCUT2D eigenvalue weighted by Gasteiger charge is -2.03. The van der Waals surface area contributed by atoms with Gasteiger partial charge in [0.25, 0.3) is 5.91 Å². The van der Waals surface area contributed by atoms with E-state index in [1.807, 2.05) is 19.1 Å². The van der Waals surface area contributed by atoms with Gasteiger partial charge in [0, 0.05) is 5.69 Å². The molecule has 5 nitrogen and oxygen atoms in total. The minimum absolute atomic E-state index is 0.0334. The summed E-state index contributed by atoms with van der Waals surface area (Å²) < 4.78 is 4.90. The molecule has 2 aromatic rings. The van der Waals surface area contributed by atoms with Crippen LogP contribution in [0.5, 0.6) is 0 Å². The van der Waals surface area contributed by atoms with Crippen LogP contribution in [0.2, 0.25) is 0 Å². The number of hydrogen-bond acceptors (Lipinski definition) is 3. The van der Waals surface area contributed by atoms with Crippen LogP contribution in [0.1, 0.15) is 26.7 Å². The van der Waals surface area contributed by atoms with Crippen LogP contribution in [-0.4, -0.2) is 17.0 Å². The molecule has 0 fully saturated rings. The monoisotopic (exact) mass is 245 g/mol. The van der Waals surface area contributed by atoms with Crippen molar-refractivity contribution in [1.29, 1.82) is 0 Å². The van der Waals surface area contributed by atoms with Crippen molar-refractivity contribution in [3.63, 3.8) is 0 Å². The van der Waals surface area contributed by atoms with Crippen molar-refractivity contribution < 1.29 is 19.1 Å². The fraction of sp³-hybridized carbons (Fsp3) is 0.0769. The van der Waals surface area contributed by atoms with Crippen LogP contribution < -0.4 is 5.32 Å². The zero-order valence-corrected chi connectivity index (χ0v) is 9.64. The molecule has 0 aliphatic carbocycles. The second-order valence-electron chi connectivity index (χ2n) is 3.79. The van der Waals surface area contributed by atoms with E-state index in [1.165, 1.54) is 12.1 Å². The molecule has 0 radical (unpaired) electrons. The van der Waals surface area contributed by atoms with Gasteiger partial charge in [-0.15, -0.1) is 0 Å². The molecule has 18 heavy (non-hydrogen) atoms. The average Bonchev–Trinajstić information content (AvgIpc) is 2.78. The quantitative estimate of drug-likeness (QED) is 0.870. The molecule has 2 N–H and O–H groups in total. The second-order valence-corrected chi connectivity index (χ2v) is 3.79. The van der Waals surface area contributed by atoms with E-state index in [-0.39, 0.29) is 11.5 Å². The number of carboxylic acids is 1. The van der Waals surface area contributed by atoms with Gasteiger partial charge in [-0.1, -0.05) is 12.1 Å². The zero-order chi connectivity index (χ0) is 13.1. The molecular weight excluding hydrogens is 234 g/mol. The Kier molecular flexibility index (Phi) is 3.14. The van der Waals surface area contributed by atoms with Crippen molar-refractivity contribution >= 4 is 17.6 Å². The van der Waals surface area contributed by atoms with E-state index in [0.717, 1.165) is 5.56 Å². The Morgan fingerprint density at radius 3 is 2.50 bits per heavy atom. The van der Waals surface area contributed by atoms with E-state index >= 15 is 0 Å². The van der Waals surface area contributed by atoms with Gasteiger partial charge in [0.2, 0.25) is 5.76 Å². The molecule has 2 rings (SSSR count). The van der Waals surface area contributed by atoms with E-state index in [0.29, 0.717) is 5.69 Å². The maximum Gasteiger partial charge on any atom is 0.371 e. The first-order valence-corrected chi connectivity index (χ1v) is 5.27. The number of hydrogen-bond donors (Lipinski definition) is 2. The van der Waals surface area contributed by atoms with E-state index < -0.39 is 11.9 Å². The summed E-state index contributed by atoms with van der Waals surface area (Å²) in [6.45, 7) is 1.91.